The van der Waals surface area contributed by atoms with Crippen molar-refractivity contribution in [3.05, 3.63) is 91.5 Å². The first-order valence-electron chi connectivity index (χ1n) is 9.29. The number of ketones is 1. The summed E-state index contributed by atoms with van der Waals surface area (Å²) in [6, 6.07) is 0. The van der Waals surface area contributed by atoms with Crippen molar-refractivity contribution in [3.63, 3.8) is 0 Å². The lowest BCUT2D eigenvalue weighted by Crippen LogP contribution is -2.20. The molecule has 9 heteroatoms. The Bertz CT molecular complexity index is 1040. The summed E-state index contributed by atoms with van der Waals surface area (Å²) in [7, 11) is -3.24. The molecule has 4 rings (SSSR count). The van der Waals surface area contributed by atoms with Gasteiger partial charge in [0.05, 0.1) is 31.4 Å². The van der Waals surface area contributed by atoms with Crippen LogP contribution in [-0.4, -0.2) is 14.2 Å². The van der Waals surface area contributed by atoms with E-state index in [2.05, 4.69) is 10.6 Å². The SMILES string of the molecule is O=C(C1=C(C2=CNC=CS2=O)C(F)=CCC1)C1=C(C2=CNC=CS2=O)C(F)=CCC1. The van der Waals surface area contributed by atoms with Gasteiger partial charge in [-0.1, -0.05) is 0 Å². The topological polar surface area (TPSA) is 75.3 Å². The van der Waals surface area contributed by atoms with Gasteiger partial charge in [0.1, 0.15) is 11.7 Å². The molecule has 30 heavy (non-hydrogen) atoms. The largest absolute Gasteiger partial charge is 0.366 e. The summed E-state index contributed by atoms with van der Waals surface area (Å²) >= 11 is 0. The predicted molar refractivity (Wildman–Crippen MR) is 113 cm³/mol. The van der Waals surface area contributed by atoms with Gasteiger partial charge in [0, 0.05) is 57.9 Å². The Balaban J connectivity index is 1.86. The number of hydrogen-bond acceptors (Lipinski definition) is 5. The van der Waals surface area contributed by atoms with Gasteiger partial charge in [-0.05, 0) is 37.8 Å². The molecule has 2 heterocycles. The van der Waals surface area contributed by atoms with Crippen molar-refractivity contribution in [2.75, 3.05) is 0 Å². The Morgan fingerprint density at radius 1 is 0.800 bits per heavy atom. The van der Waals surface area contributed by atoms with Crippen molar-refractivity contribution < 1.29 is 22.0 Å². The number of Topliss-reactive ketones (excluding diaryl/α,β-unsaturated/α-hetero) is 1. The second-order valence-corrected chi connectivity index (χ2v) is 9.38. The van der Waals surface area contributed by atoms with Crippen LogP contribution in [0.2, 0.25) is 0 Å². The fraction of sp³-hybridized carbons (Fsp3) is 0.190. The van der Waals surface area contributed by atoms with Gasteiger partial charge in [0.15, 0.2) is 5.78 Å². The molecule has 4 aliphatic rings. The van der Waals surface area contributed by atoms with E-state index in [1.807, 2.05) is 0 Å². The normalized spacial score (nSPS) is 26.3. The number of hydrogen-bond donors (Lipinski definition) is 2. The molecule has 0 amide bonds. The molecule has 2 atom stereocenters. The molecule has 0 saturated carbocycles. The third-order valence-corrected chi connectivity index (χ3v) is 7.27. The van der Waals surface area contributed by atoms with Gasteiger partial charge in [-0.25, -0.2) is 17.2 Å². The Morgan fingerprint density at radius 3 is 1.63 bits per heavy atom. The highest BCUT2D eigenvalue weighted by Crippen LogP contribution is 2.40. The van der Waals surface area contributed by atoms with Crippen molar-refractivity contribution in [1.82, 2.24) is 10.6 Å². The maximum Gasteiger partial charge on any atom is 0.186 e. The van der Waals surface area contributed by atoms with Gasteiger partial charge in [0.25, 0.3) is 0 Å². The number of rotatable bonds is 4. The van der Waals surface area contributed by atoms with Crippen LogP contribution in [0.3, 0.4) is 0 Å². The minimum atomic E-state index is -1.62. The second-order valence-electron chi connectivity index (χ2n) is 6.77. The van der Waals surface area contributed by atoms with Gasteiger partial charge >= 0.3 is 0 Å². The minimum Gasteiger partial charge on any atom is -0.366 e. The van der Waals surface area contributed by atoms with Crippen molar-refractivity contribution in [1.29, 1.82) is 0 Å². The average Bonchev–Trinajstić information content (AvgIpc) is 2.74. The molecule has 0 aromatic carbocycles. The fourth-order valence-electron chi connectivity index (χ4n) is 3.66. The quantitative estimate of drug-likeness (QED) is 0.685. The zero-order valence-electron chi connectivity index (χ0n) is 15.7. The standard InChI is InChI=1S/C21H18F2N2O3S2/c22-15-5-1-3-13(19(15)17-11-24-7-9-29(17)27)21(26)14-4-2-6-16(23)20(14)18-12-25-8-10-30(18)28/h5-12,24-25H,1-4H2. The van der Waals surface area contributed by atoms with Gasteiger partial charge in [-0.3, -0.25) is 4.79 Å². The average molecular weight is 449 g/mol. The zero-order valence-corrected chi connectivity index (χ0v) is 17.4. The summed E-state index contributed by atoms with van der Waals surface area (Å²) in [4.78, 5) is 13.9. The van der Waals surface area contributed by atoms with Gasteiger partial charge in [-0.15, -0.1) is 0 Å². The molecule has 5 nitrogen and oxygen atoms in total. The molecule has 0 bridgehead atoms. The molecule has 0 saturated heterocycles. The van der Waals surface area contributed by atoms with E-state index in [9.17, 15) is 22.0 Å². The van der Waals surface area contributed by atoms with E-state index in [-0.39, 0.29) is 44.9 Å². The molecule has 0 fully saturated rings. The van der Waals surface area contributed by atoms with E-state index in [0.29, 0.717) is 12.8 Å². The number of allylic oxidation sites excluding steroid dienone is 8. The summed E-state index contributed by atoms with van der Waals surface area (Å²) in [6.07, 6.45) is 9.55. The van der Waals surface area contributed by atoms with Gasteiger partial charge < -0.3 is 10.6 Å². The Morgan fingerprint density at radius 2 is 1.23 bits per heavy atom. The zero-order chi connectivity index (χ0) is 21.3. The van der Waals surface area contributed by atoms with Crippen LogP contribution < -0.4 is 10.6 Å². The van der Waals surface area contributed by atoms with Crippen LogP contribution in [0.25, 0.3) is 0 Å². The fourth-order valence-corrected chi connectivity index (χ4v) is 5.57. The Kier molecular flexibility index (Phi) is 5.92. The molecule has 2 N–H and O–H groups in total. The lowest BCUT2D eigenvalue weighted by atomic mass is 9.84. The van der Waals surface area contributed by atoms with Crippen LogP contribution in [0.15, 0.2) is 91.5 Å². The van der Waals surface area contributed by atoms with Crippen molar-refractivity contribution in [2.24, 2.45) is 0 Å². The third-order valence-electron chi connectivity index (χ3n) is 5.00. The summed E-state index contributed by atoms with van der Waals surface area (Å²) in [5.41, 5.74) is 0.277. The number of carbonyl (C=O) groups is 1. The van der Waals surface area contributed by atoms with Crippen molar-refractivity contribution in [2.45, 2.75) is 25.7 Å². The summed E-state index contributed by atoms with van der Waals surface area (Å²) < 4.78 is 54.5. The first-order valence-corrected chi connectivity index (χ1v) is 11.7. The first kappa shape index (κ1) is 20.6. The van der Waals surface area contributed by atoms with Crippen LogP contribution in [0.1, 0.15) is 25.7 Å². The van der Waals surface area contributed by atoms with Crippen molar-refractivity contribution in [3.8, 4) is 0 Å². The third kappa shape index (κ3) is 3.75. The molecule has 2 aliphatic carbocycles. The first-order chi connectivity index (χ1) is 14.5. The summed E-state index contributed by atoms with van der Waals surface area (Å²) in [5.74, 6) is -1.76. The molecule has 0 aromatic heterocycles. The predicted octanol–water partition coefficient (Wildman–Crippen LogP) is 3.77. The summed E-state index contributed by atoms with van der Waals surface area (Å²) in [6.45, 7) is 0. The highest BCUT2D eigenvalue weighted by molar-refractivity contribution is 7.92. The molecule has 0 aromatic rings. The van der Waals surface area contributed by atoms with E-state index in [1.165, 1.54) is 47.8 Å². The molecule has 2 unspecified atom stereocenters. The maximum atomic E-state index is 14.8. The molecule has 0 spiro atoms. The van der Waals surface area contributed by atoms with Gasteiger partial charge in [0.2, 0.25) is 0 Å². The number of carbonyl (C=O) groups excluding carboxylic acids is 1. The highest BCUT2D eigenvalue weighted by Gasteiger charge is 2.33. The molecule has 2 aliphatic heterocycles. The van der Waals surface area contributed by atoms with E-state index in [1.54, 1.807) is 0 Å². The lowest BCUT2D eigenvalue weighted by molar-refractivity contribution is -0.112. The van der Waals surface area contributed by atoms with Crippen LogP contribution in [0.4, 0.5) is 8.78 Å². The van der Waals surface area contributed by atoms with Crippen LogP contribution >= 0.6 is 0 Å². The smallest absolute Gasteiger partial charge is 0.186 e. The second kappa shape index (κ2) is 8.61. The highest BCUT2D eigenvalue weighted by atomic mass is 32.2. The van der Waals surface area contributed by atoms with Crippen molar-refractivity contribution >= 4 is 27.4 Å². The van der Waals surface area contributed by atoms with E-state index in [0.717, 1.165) is 0 Å². The van der Waals surface area contributed by atoms with Crippen LogP contribution in [0.5, 0.6) is 0 Å². The molecular weight excluding hydrogens is 430 g/mol. The maximum absolute atomic E-state index is 14.8. The lowest BCUT2D eigenvalue weighted by Gasteiger charge is -2.24. The van der Waals surface area contributed by atoms with E-state index < -0.39 is 39.0 Å². The van der Waals surface area contributed by atoms with Crippen LogP contribution in [0, 0.1) is 0 Å². The van der Waals surface area contributed by atoms with E-state index in [4.69, 9.17) is 0 Å². The molecular formula is C21H18F2N2O3S2. The van der Waals surface area contributed by atoms with E-state index >= 15 is 0 Å². The monoisotopic (exact) mass is 448 g/mol. The van der Waals surface area contributed by atoms with Crippen LogP contribution in [-0.2, 0) is 26.4 Å². The Labute approximate surface area is 177 Å². The summed E-state index contributed by atoms with van der Waals surface area (Å²) in [5, 5.41) is 8.29. The molecule has 0 radical (unpaired) electrons. The number of nitrogens with one attached hydrogen (secondary N) is 2. The number of halogens is 2. The molecule has 156 valence electrons. The van der Waals surface area contributed by atoms with Gasteiger partial charge in [-0.2, -0.15) is 0 Å². The minimum absolute atomic E-state index is 0.0139. The Hall–Kier alpha value is -2.65.